The molecular formula is C13H13BrFN3O. The largest absolute Gasteiger partial charge is 0.339 e. The first-order valence-electron chi connectivity index (χ1n) is 6.23. The summed E-state index contributed by atoms with van der Waals surface area (Å²) in [5, 5.41) is 7.24. The minimum Gasteiger partial charge on any atom is -0.339 e. The quantitative estimate of drug-likeness (QED) is 0.921. The molecule has 0 amide bonds. The monoisotopic (exact) mass is 325 g/mol. The van der Waals surface area contributed by atoms with Gasteiger partial charge in [-0.25, -0.2) is 4.39 Å². The van der Waals surface area contributed by atoms with Gasteiger partial charge in [-0.05, 0) is 44.1 Å². The molecule has 2 aromatic rings. The fourth-order valence-electron chi connectivity index (χ4n) is 2.27. The van der Waals surface area contributed by atoms with E-state index in [-0.39, 0.29) is 5.82 Å². The van der Waals surface area contributed by atoms with E-state index in [1.165, 1.54) is 12.1 Å². The summed E-state index contributed by atoms with van der Waals surface area (Å²) < 4.78 is 19.3. The van der Waals surface area contributed by atoms with Crippen molar-refractivity contribution < 1.29 is 8.91 Å². The Morgan fingerprint density at radius 3 is 2.79 bits per heavy atom. The predicted molar refractivity (Wildman–Crippen MR) is 72.2 cm³/mol. The molecule has 0 radical (unpaired) electrons. The summed E-state index contributed by atoms with van der Waals surface area (Å²) in [6.07, 6.45) is 1.99. The van der Waals surface area contributed by atoms with E-state index in [1.54, 1.807) is 6.07 Å². The van der Waals surface area contributed by atoms with E-state index in [4.69, 9.17) is 4.52 Å². The normalized spacial score (nSPS) is 16.7. The minimum absolute atomic E-state index is 0.305. The molecule has 1 saturated heterocycles. The molecule has 0 saturated carbocycles. The molecule has 1 N–H and O–H groups in total. The Hall–Kier alpha value is -1.27. The Balaban J connectivity index is 1.87. The highest BCUT2D eigenvalue weighted by molar-refractivity contribution is 9.10. The number of hydrogen-bond acceptors (Lipinski definition) is 4. The average molecular weight is 326 g/mol. The van der Waals surface area contributed by atoms with Crippen LogP contribution < -0.4 is 5.32 Å². The van der Waals surface area contributed by atoms with Gasteiger partial charge in [-0.15, -0.1) is 0 Å². The molecule has 0 bridgehead atoms. The molecule has 0 unspecified atom stereocenters. The number of benzene rings is 1. The zero-order chi connectivity index (χ0) is 13.2. The van der Waals surface area contributed by atoms with Gasteiger partial charge in [0.25, 0.3) is 0 Å². The predicted octanol–water partition coefficient (Wildman–Crippen LogP) is 3.11. The fraction of sp³-hybridized carbons (Fsp3) is 0.385. The number of nitrogens with one attached hydrogen (secondary N) is 1. The highest BCUT2D eigenvalue weighted by Gasteiger charge is 2.21. The second-order valence-electron chi connectivity index (χ2n) is 4.64. The summed E-state index contributed by atoms with van der Waals surface area (Å²) >= 11 is 3.26. The van der Waals surface area contributed by atoms with E-state index < -0.39 is 0 Å². The van der Waals surface area contributed by atoms with E-state index in [2.05, 4.69) is 31.4 Å². The molecule has 2 heterocycles. The van der Waals surface area contributed by atoms with Crippen LogP contribution in [0.1, 0.15) is 24.7 Å². The van der Waals surface area contributed by atoms with Gasteiger partial charge in [0.1, 0.15) is 5.82 Å². The zero-order valence-corrected chi connectivity index (χ0v) is 11.8. The topological polar surface area (TPSA) is 51.0 Å². The van der Waals surface area contributed by atoms with Crippen molar-refractivity contribution in [2.45, 2.75) is 18.8 Å². The molecule has 0 atom stereocenters. The molecule has 1 aromatic carbocycles. The maximum absolute atomic E-state index is 13.4. The van der Waals surface area contributed by atoms with Crippen LogP contribution >= 0.6 is 15.9 Å². The van der Waals surface area contributed by atoms with Gasteiger partial charge in [0.05, 0.1) is 0 Å². The van der Waals surface area contributed by atoms with Gasteiger partial charge in [-0.2, -0.15) is 4.98 Å². The Bertz CT molecular complexity index is 561. The first-order chi connectivity index (χ1) is 9.22. The van der Waals surface area contributed by atoms with Crippen LogP contribution in [0.2, 0.25) is 0 Å². The third-order valence-corrected chi connectivity index (χ3v) is 3.71. The number of halogens is 2. The lowest BCUT2D eigenvalue weighted by Crippen LogP contribution is -2.26. The third-order valence-electron chi connectivity index (χ3n) is 3.25. The maximum atomic E-state index is 13.4. The Kier molecular flexibility index (Phi) is 3.61. The molecule has 1 aromatic heterocycles. The van der Waals surface area contributed by atoms with E-state index >= 15 is 0 Å². The van der Waals surface area contributed by atoms with Gasteiger partial charge in [0.2, 0.25) is 11.7 Å². The number of nitrogens with zero attached hydrogens (tertiary/aromatic N) is 2. The molecule has 1 fully saturated rings. The molecule has 4 nitrogen and oxygen atoms in total. The average Bonchev–Trinajstić information content (AvgIpc) is 2.88. The van der Waals surface area contributed by atoms with Gasteiger partial charge in [-0.1, -0.05) is 21.1 Å². The molecule has 0 spiro atoms. The molecule has 1 aliphatic heterocycles. The zero-order valence-electron chi connectivity index (χ0n) is 10.2. The van der Waals surface area contributed by atoms with Crippen LogP contribution in [0.25, 0.3) is 11.4 Å². The number of aromatic nitrogens is 2. The fourth-order valence-corrected chi connectivity index (χ4v) is 2.74. The van der Waals surface area contributed by atoms with Crippen molar-refractivity contribution in [2.24, 2.45) is 0 Å². The van der Waals surface area contributed by atoms with E-state index in [0.29, 0.717) is 27.7 Å². The summed E-state index contributed by atoms with van der Waals surface area (Å²) in [4.78, 5) is 4.39. The van der Waals surface area contributed by atoms with Crippen LogP contribution in [0.4, 0.5) is 4.39 Å². The number of piperidine rings is 1. The summed E-state index contributed by atoms with van der Waals surface area (Å²) in [6, 6.07) is 4.58. The van der Waals surface area contributed by atoms with Gasteiger partial charge in [-0.3, -0.25) is 0 Å². The number of rotatable bonds is 2. The molecule has 1 aliphatic rings. The van der Waals surface area contributed by atoms with Crippen molar-refractivity contribution in [3.8, 4) is 11.4 Å². The van der Waals surface area contributed by atoms with E-state index in [0.717, 1.165) is 25.9 Å². The summed E-state index contributed by atoms with van der Waals surface area (Å²) in [5.41, 5.74) is 0.621. The van der Waals surface area contributed by atoms with Crippen molar-refractivity contribution >= 4 is 15.9 Å². The van der Waals surface area contributed by atoms with Crippen LogP contribution in [-0.4, -0.2) is 23.2 Å². The number of hydrogen-bond donors (Lipinski definition) is 1. The smallest absolute Gasteiger partial charge is 0.230 e. The van der Waals surface area contributed by atoms with Crippen molar-refractivity contribution in [3.05, 3.63) is 34.4 Å². The summed E-state index contributed by atoms with van der Waals surface area (Å²) in [7, 11) is 0. The van der Waals surface area contributed by atoms with Crippen molar-refractivity contribution in [3.63, 3.8) is 0 Å². The summed E-state index contributed by atoms with van der Waals surface area (Å²) in [6.45, 7) is 1.93. The van der Waals surface area contributed by atoms with Gasteiger partial charge >= 0.3 is 0 Å². The van der Waals surface area contributed by atoms with Gasteiger partial charge in [0.15, 0.2) is 0 Å². The lowest BCUT2D eigenvalue weighted by molar-refractivity contribution is 0.320. The maximum Gasteiger partial charge on any atom is 0.230 e. The first kappa shape index (κ1) is 12.7. The Morgan fingerprint density at radius 1 is 1.26 bits per heavy atom. The van der Waals surface area contributed by atoms with Crippen molar-refractivity contribution in [2.75, 3.05) is 13.1 Å². The second-order valence-corrected chi connectivity index (χ2v) is 5.55. The van der Waals surface area contributed by atoms with Gasteiger partial charge < -0.3 is 9.84 Å². The molecular weight excluding hydrogens is 313 g/mol. The van der Waals surface area contributed by atoms with Crippen LogP contribution in [0.3, 0.4) is 0 Å². The van der Waals surface area contributed by atoms with Crippen LogP contribution in [0.15, 0.2) is 27.2 Å². The Labute approximate surface area is 118 Å². The van der Waals surface area contributed by atoms with Gasteiger partial charge in [0, 0.05) is 16.0 Å². The van der Waals surface area contributed by atoms with Crippen LogP contribution in [0, 0.1) is 5.82 Å². The molecule has 100 valence electrons. The molecule has 0 aliphatic carbocycles. The van der Waals surface area contributed by atoms with E-state index in [1.807, 2.05) is 0 Å². The highest BCUT2D eigenvalue weighted by Crippen LogP contribution is 2.27. The lowest BCUT2D eigenvalue weighted by Gasteiger charge is -2.18. The van der Waals surface area contributed by atoms with Crippen molar-refractivity contribution in [1.29, 1.82) is 0 Å². The highest BCUT2D eigenvalue weighted by atomic mass is 79.9. The summed E-state index contributed by atoms with van der Waals surface area (Å²) in [5.74, 6) is 1.07. The molecule has 3 rings (SSSR count). The standard InChI is InChI=1S/C13H13BrFN3O/c14-10-5-9(6-11(15)7-10)12-17-13(19-18-12)8-1-3-16-4-2-8/h5-8,16H,1-4H2. The minimum atomic E-state index is -0.322. The van der Waals surface area contributed by atoms with Crippen molar-refractivity contribution in [1.82, 2.24) is 15.5 Å². The molecule has 6 heteroatoms. The van der Waals surface area contributed by atoms with Crippen LogP contribution in [-0.2, 0) is 0 Å². The lowest BCUT2D eigenvalue weighted by atomic mass is 9.98. The Morgan fingerprint density at radius 2 is 2.05 bits per heavy atom. The third kappa shape index (κ3) is 2.84. The second kappa shape index (κ2) is 5.38. The van der Waals surface area contributed by atoms with E-state index in [9.17, 15) is 4.39 Å². The van der Waals surface area contributed by atoms with Crippen LogP contribution in [0.5, 0.6) is 0 Å². The first-order valence-corrected chi connectivity index (χ1v) is 7.02. The SMILES string of the molecule is Fc1cc(Br)cc(-c2noc(C3CCNCC3)n2)c1. The molecule has 19 heavy (non-hydrogen) atoms.